The summed E-state index contributed by atoms with van der Waals surface area (Å²) in [6, 6.07) is 4.97. The first-order chi connectivity index (χ1) is 8.99. The SMILES string of the molecule is COC(=O)C(Br)CNC(=O)c1ccc(OC)c(Br)c1. The standard InChI is InChI=1S/C12H13Br2NO4/c1-18-10-4-3-7(5-8(10)13)11(16)15-6-9(14)12(17)19-2/h3-5,9H,6H2,1-2H3,(H,15,16). The molecule has 5 nitrogen and oxygen atoms in total. The van der Waals surface area contributed by atoms with Crippen molar-refractivity contribution in [1.29, 1.82) is 0 Å². The Kier molecular flexibility index (Phi) is 6.30. The number of esters is 1. The number of benzene rings is 1. The highest BCUT2D eigenvalue weighted by Gasteiger charge is 2.17. The van der Waals surface area contributed by atoms with E-state index in [1.165, 1.54) is 7.11 Å². The van der Waals surface area contributed by atoms with E-state index in [-0.39, 0.29) is 12.5 Å². The van der Waals surface area contributed by atoms with Crippen LogP contribution in [0.1, 0.15) is 10.4 Å². The summed E-state index contributed by atoms with van der Waals surface area (Å²) in [6.45, 7) is 0.148. The van der Waals surface area contributed by atoms with Gasteiger partial charge >= 0.3 is 5.97 Å². The first kappa shape index (κ1) is 16.0. The predicted molar refractivity (Wildman–Crippen MR) is 77.8 cm³/mol. The molecule has 104 valence electrons. The number of alkyl halides is 1. The van der Waals surface area contributed by atoms with E-state index in [0.29, 0.717) is 15.8 Å². The van der Waals surface area contributed by atoms with Crippen molar-refractivity contribution in [3.63, 3.8) is 0 Å². The molecule has 1 amide bonds. The average molecular weight is 395 g/mol. The molecule has 0 saturated heterocycles. The Hall–Kier alpha value is -1.08. The molecule has 1 rings (SSSR count). The van der Waals surface area contributed by atoms with Gasteiger partial charge in [0.2, 0.25) is 0 Å². The third-order valence-corrected chi connectivity index (χ3v) is 3.63. The molecule has 0 bridgehead atoms. The normalized spacial score (nSPS) is 11.6. The van der Waals surface area contributed by atoms with Crippen molar-refractivity contribution >= 4 is 43.7 Å². The highest BCUT2D eigenvalue weighted by Crippen LogP contribution is 2.25. The van der Waals surface area contributed by atoms with Crippen LogP contribution in [0.4, 0.5) is 0 Å². The highest BCUT2D eigenvalue weighted by atomic mass is 79.9. The lowest BCUT2D eigenvalue weighted by Gasteiger charge is -2.10. The Morgan fingerprint density at radius 1 is 1.37 bits per heavy atom. The number of carbonyl (C=O) groups excluding carboxylic acids is 2. The van der Waals surface area contributed by atoms with Gasteiger partial charge in [-0.15, -0.1) is 0 Å². The molecule has 0 heterocycles. The van der Waals surface area contributed by atoms with E-state index < -0.39 is 10.8 Å². The van der Waals surface area contributed by atoms with Gasteiger partial charge in [0.25, 0.3) is 5.91 Å². The number of methoxy groups -OCH3 is 2. The molecule has 0 aliphatic carbocycles. The fourth-order valence-corrected chi connectivity index (χ4v) is 2.19. The van der Waals surface area contributed by atoms with Gasteiger partial charge in [0.05, 0.1) is 18.7 Å². The van der Waals surface area contributed by atoms with Crippen LogP contribution < -0.4 is 10.1 Å². The zero-order chi connectivity index (χ0) is 14.4. The monoisotopic (exact) mass is 393 g/mol. The van der Waals surface area contributed by atoms with Crippen LogP contribution in [0, 0.1) is 0 Å². The van der Waals surface area contributed by atoms with Crippen LogP contribution in [-0.2, 0) is 9.53 Å². The number of ether oxygens (including phenoxy) is 2. The molecule has 0 aliphatic rings. The molecule has 1 unspecified atom stereocenters. The quantitative estimate of drug-likeness (QED) is 0.613. The van der Waals surface area contributed by atoms with Crippen molar-refractivity contribution in [2.24, 2.45) is 0 Å². The van der Waals surface area contributed by atoms with Gasteiger partial charge in [-0.3, -0.25) is 9.59 Å². The van der Waals surface area contributed by atoms with E-state index >= 15 is 0 Å². The van der Waals surface area contributed by atoms with Crippen molar-refractivity contribution in [2.75, 3.05) is 20.8 Å². The summed E-state index contributed by atoms with van der Waals surface area (Å²) in [4.78, 5) is 22.5. The molecule has 0 aromatic heterocycles. The number of hydrogen-bond donors (Lipinski definition) is 1. The lowest BCUT2D eigenvalue weighted by molar-refractivity contribution is -0.139. The summed E-state index contributed by atoms with van der Waals surface area (Å²) in [5.41, 5.74) is 0.470. The highest BCUT2D eigenvalue weighted by molar-refractivity contribution is 9.10. The van der Waals surface area contributed by atoms with Crippen LogP contribution in [0.3, 0.4) is 0 Å². The molecule has 0 spiro atoms. The third-order valence-electron chi connectivity index (χ3n) is 2.31. The van der Waals surface area contributed by atoms with E-state index in [1.807, 2.05) is 0 Å². The summed E-state index contributed by atoms with van der Waals surface area (Å²) in [5.74, 6) is -0.0719. The Morgan fingerprint density at radius 2 is 2.05 bits per heavy atom. The number of halogens is 2. The fraction of sp³-hybridized carbons (Fsp3) is 0.333. The average Bonchev–Trinajstić information content (AvgIpc) is 2.43. The van der Waals surface area contributed by atoms with Crippen LogP contribution in [0.5, 0.6) is 5.75 Å². The molecule has 0 fully saturated rings. The van der Waals surface area contributed by atoms with Crippen molar-refractivity contribution in [2.45, 2.75) is 4.83 Å². The maximum atomic E-state index is 11.9. The van der Waals surface area contributed by atoms with Crippen molar-refractivity contribution in [3.05, 3.63) is 28.2 Å². The predicted octanol–water partition coefficient (Wildman–Crippen LogP) is 2.12. The largest absolute Gasteiger partial charge is 0.496 e. The third kappa shape index (κ3) is 4.50. The number of hydrogen-bond acceptors (Lipinski definition) is 4. The van der Waals surface area contributed by atoms with Crippen molar-refractivity contribution < 1.29 is 19.1 Å². The second-order valence-electron chi connectivity index (χ2n) is 3.55. The zero-order valence-corrected chi connectivity index (χ0v) is 13.6. The summed E-state index contributed by atoms with van der Waals surface area (Å²) in [6.07, 6.45) is 0. The molecule has 1 aromatic carbocycles. The van der Waals surface area contributed by atoms with Gasteiger partial charge in [-0.25, -0.2) is 0 Å². The minimum atomic E-state index is -0.567. The molecule has 7 heteroatoms. The Bertz CT molecular complexity index is 479. The van der Waals surface area contributed by atoms with Crippen LogP contribution in [-0.4, -0.2) is 37.5 Å². The van der Waals surface area contributed by atoms with Crippen LogP contribution in [0.25, 0.3) is 0 Å². The Morgan fingerprint density at radius 3 is 2.58 bits per heavy atom. The lowest BCUT2D eigenvalue weighted by atomic mass is 10.2. The fourth-order valence-electron chi connectivity index (χ4n) is 1.30. The first-order valence-electron chi connectivity index (χ1n) is 5.33. The number of rotatable bonds is 5. The van der Waals surface area contributed by atoms with Gasteiger partial charge in [-0.2, -0.15) is 0 Å². The Balaban J connectivity index is 2.64. The molecule has 1 aromatic rings. The lowest BCUT2D eigenvalue weighted by Crippen LogP contribution is -2.33. The molecule has 0 aliphatic heterocycles. The van der Waals surface area contributed by atoms with E-state index in [0.717, 1.165) is 0 Å². The maximum absolute atomic E-state index is 11.9. The molecular formula is C12H13Br2NO4. The van der Waals surface area contributed by atoms with Gasteiger partial charge in [-0.05, 0) is 34.1 Å². The van der Waals surface area contributed by atoms with Gasteiger partial charge in [0.1, 0.15) is 10.6 Å². The van der Waals surface area contributed by atoms with E-state index in [9.17, 15) is 9.59 Å². The Labute approximate surface area is 127 Å². The second-order valence-corrected chi connectivity index (χ2v) is 5.51. The maximum Gasteiger partial charge on any atom is 0.321 e. The molecule has 0 saturated carbocycles. The molecule has 1 atom stereocenters. The molecular weight excluding hydrogens is 382 g/mol. The summed E-state index contributed by atoms with van der Waals surface area (Å²) >= 11 is 6.42. The summed E-state index contributed by atoms with van der Waals surface area (Å²) in [5, 5.41) is 2.63. The van der Waals surface area contributed by atoms with Crippen molar-refractivity contribution in [1.82, 2.24) is 5.32 Å². The van der Waals surface area contributed by atoms with Gasteiger partial charge in [-0.1, -0.05) is 15.9 Å². The van der Waals surface area contributed by atoms with E-state index in [1.54, 1.807) is 25.3 Å². The summed E-state index contributed by atoms with van der Waals surface area (Å²) < 4.78 is 10.3. The number of carbonyl (C=O) groups is 2. The van der Waals surface area contributed by atoms with E-state index in [2.05, 4.69) is 41.9 Å². The van der Waals surface area contributed by atoms with Crippen molar-refractivity contribution in [3.8, 4) is 5.75 Å². The summed E-state index contributed by atoms with van der Waals surface area (Å²) in [7, 11) is 2.84. The molecule has 1 N–H and O–H groups in total. The van der Waals surface area contributed by atoms with E-state index in [4.69, 9.17) is 4.74 Å². The van der Waals surface area contributed by atoms with Gasteiger partial charge in [0.15, 0.2) is 0 Å². The molecule has 0 radical (unpaired) electrons. The minimum absolute atomic E-state index is 0.148. The smallest absolute Gasteiger partial charge is 0.321 e. The van der Waals surface area contributed by atoms with Crippen LogP contribution >= 0.6 is 31.9 Å². The number of nitrogens with one attached hydrogen (secondary N) is 1. The van der Waals surface area contributed by atoms with Gasteiger partial charge < -0.3 is 14.8 Å². The second kappa shape index (κ2) is 7.49. The molecule has 19 heavy (non-hydrogen) atoms. The van der Waals surface area contributed by atoms with Crippen LogP contribution in [0.15, 0.2) is 22.7 Å². The van der Waals surface area contributed by atoms with Gasteiger partial charge in [0, 0.05) is 12.1 Å². The first-order valence-corrected chi connectivity index (χ1v) is 7.04. The van der Waals surface area contributed by atoms with Crippen LogP contribution in [0.2, 0.25) is 0 Å². The topological polar surface area (TPSA) is 64.6 Å². The zero-order valence-electron chi connectivity index (χ0n) is 10.4. The minimum Gasteiger partial charge on any atom is -0.496 e. The number of amides is 1.